The number of aromatic amines is 1. The van der Waals surface area contributed by atoms with E-state index in [0.29, 0.717) is 40.0 Å². The molecule has 0 fully saturated rings. The molecule has 7 heteroatoms. The lowest BCUT2D eigenvalue weighted by atomic mass is 10.1. The summed E-state index contributed by atoms with van der Waals surface area (Å²) in [5, 5.41) is 0.615. The van der Waals surface area contributed by atoms with E-state index in [1.54, 1.807) is 24.9 Å². The number of aryl methyl sites for hydroxylation is 2. The molecule has 0 aliphatic rings. The molecule has 0 saturated heterocycles. The second kappa shape index (κ2) is 7.34. The van der Waals surface area contributed by atoms with Crippen LogP contribution < -0.4 is 15.0 Å². The van der Waals surface area contributed by atoms with Gasteiger partial charge in [0.1, 0.15) is 16.9 Å². The maximum absolute atomic E-state index is 13.5. The number of nitrogens with zero attached hydrogens (tertiary/aromatic N) is 2. The average molecular weight is 381 g/mol. The van der Waals surface area contributed by atoms with Crippen molar-refractivity contribution < 1.29 is 13.9 Å². The number of H-pyrrole nitrogens is 1. The van der Waals surface area contributed by atoms with Gasteiger partial charge in [-0.05, 0) is 48.7 Å². The largest absolute Gasteiger partial charge is 0.493 e. The number of hydrogen-bond donors (Lipinski definition) is 1. The molecule has 0 aliphatic carbocycles. The molecule has 0 aliphatic heterocycles. The minimum atomic E-state index is -0.353. The first-order chi connectivity index (χ1) is 13.6. The number of aromatic nitrogens is 3. The zero-order valence-corrected chi connectivity index (χ0v) is 15.7. The van der Waals surface area contributed by atoms with E-state index in [1.165, 1.54) is 18.5 Å². The molecule has 0 unspecified atom stereocenters. The van der Waals surface area contributed by atoms with E-state index in [0.717, 1.165) is 18.4 Å². The van der Waals surface area contributed by atoms with E-state index < -0.39 is 0 Å². The Morgan fingerprint density at radius 1 is 1.11 bits per heavy atom. The molecule has 2 aromatic carbocycles. The molecule has 4 aromatic rings. The number of methoxy groups -OCH3 is 2. The maximum atomic E-state index is 13.5. The van der Waals surface area contributed by atoms with Crippen LogP contribution in [0.3, 0.4) is 0 Å². The van der Waals surface area contributed by atoms with Gasteiger partial charge in [0, 0.05) is 17.4 Å². The molecule has 0 atom stereocenters. The summed E-state index contributed by atoms with van der Waals surface area (Å²) in [7, 11) is 3.21. The van der Waals surface area contributed by atoms with Gasteiger partial charge in [0.05, 0.1) is 20.5 Å². The van der Waals surface area contributed by atoms with Crippen LogP contribution in [-0.2, 0) is 13.0 Å². The SMILES string of the molecule is COc1ccc(CCCn2cnc3c([nH]c4ccc(F)cc43)c2=O)cc1OC. The number of ether oxygens (including phenoxy) is 2. The summed E-state index contributed by atoms with van der Waals surface area (Å²) >= 11 is 0. The van der Waals surface area contributed by atoms with Crippen molar-refractivity contribution in [3.63, 3.8) is 0 Å². The maximum Gasteiger partial charge on any atom is 0.277 e. The van der Waals surface area contributed by atoms with Crippen molar-refractivity contribution in [3.05, 3.63) is 64.5 Å². The third-order valence-corrected chi connectivity index (χ3v) is 4.85. The molecule has 144 valence electrons. The zero-order valence-electron chi connectivity index (χ0n) is 15.7. The number of hydrogen-bond acceptors (Lipinski definition) is 4. The van der Waals surface area contributed by atoms with E-state index in [9.17, 15) is 9.18 Å². The number of rotatable bonds is 6. The van der Waals surface area contributed by atoms with Crippen molar-refractivity contribution in [2.75, 3.05) is 14.2 Å². The van der Waals surface area contributed by atoms with Gasteiger partial charge in [-0.25, -0.2) is 9.37 Å². The Labute approximate surface area is 160 Å². The average Bonchev–Trinajstić information content (AvgIpc) is 3.08. The second-order valence-corrected chi connectivity index (χ2v) is 6.57. The van der Waals surface area contributed by atoms with Gasteiger partial charge in [-0.2, -0.15) is 0 Å². The van der Waals surface area contributed by atoms with Crippen LogP contribution >= 0.6 is 0 Å². The van der Waals surface area contributed by atoms with E-state index in [1.807, 2.05) is 18.2 Å². The van der Waals surface area contributed by atoms with Crippen LogP contribution in [0.25, 0.3) is 21.9 Å². The number of benzene rings is 2. The molecular formula is C21H20FN3O3. The summed E-state index contributed by atoms with van der Waals surface area (Å²) < 4.78 is 25.7. The van der Waals surface area contributed by atoms with Gasteiger partial charge in [0.15, 0.2) is 11.5 Å². The smallest absolute Gasteiger partial charge is 0.277 e. The molecule has 4 rings (SSSR count). The highest BCUT2D eigenvalue weighted by Gasteiger charge is 2.12. The Kier molecular flexibility index (Phi) is 4.73. The van der Waals surface area contributed by atoms with Crippen LogP contribution in [0, 0.1) is 5.82 Å². The monoisotopic (exact) mass is 381 g/mol. The zero-order chi connectivity index (χ0) is 19.7. The van der Waals surface area contributed by atoms with Gasteiger partial charge in [-0.1, -0.05) is 6.07 Å². The van der Waals surface area contributed by atoms with Crippen LogP contribution in [0.15, 0.2) is 47.5 Å². The van der Waals surface area contributed by atoms with Crippen molar-refractivity contribution in [1.82, 2.24) is 14.5 Å². The molecule has 0 amide bonds. The van der Waals surface area contributed by atoms with E-state index in [4.69, 9.17) is 9.47 Å². The van der Waals surface area contributed by atoms with Gasteiger partial charge in [-0.3, -0.25) is 9.36 Å². The normalized spacial score (nSPS) is 11.2. The third-order valence-electron chi connectivity index (χ3n) is 4.85. The third kappa shape index (κ3) is 3.19. The molecule has 0 radical (unpaired) electrons. The van der Waals surface area contributed by atoms with Gasteiger partial charge in [0.25, 0.3) is 5.56 Å². The Morgan fingerprint density at radius 3 is 2.71 bits per heavy atom. The Hall–Kier alpha value is -3.35. The Morgan fingerprint density at radius 2 is 1.93 bits per heavy atom. The van der Waals surface area contributed by atoms with Gasteiger partial charge in [0.2, 0.25) is 0 Å². The lowest BCUT2D eigenvalue weighted by molar-refractivity contribution is 0.354. The highest BCUT2D eigenvalue weighted by atomic mass is 19.1. The lowest BCUT2D eigenvalue weighted by Gasteiger charge is -2.10. The summed E-state index contributed by atoms with van der Waals surface area (Å²) in [6.45, 7) is 0.528. The summed E-state index contributed by atoms with van der Waals surface area (Å²) in [5.41, 5.74) is 2.53. The van der Waals surface area contributed by atoms with Gasteiger partial charge >= 0.3 is 0 Å². The van der Waals surface area contributed by atoms with Crippen molar-refractivity contribution in [1.29, 1.82) is 0 Å². The predicted molar refractivity (Wildman–Crippen MR) is 106 cm³/mol. The fraction of sp³-hybridized carbons (Fsp3) is 0.238. The summed E-state index contributed by atoms with van der Waals surface area (Å²) in [6.07, 6.45) is 3.07. The van der Waals surface area contributed by atoms with E-state index >= 15 is 0 Å². The standard InChI is InChI=1S/C21H20FN3O3/c1-27-17-8-5-13(10-18(17)28-2)4-3-9-25-12-23-19-15-11-14(22)6-7-16(15)24-20(19)21(25)26/h5-8,10-12,24H,3-4,9H2,1-2H3. The fourth-order valence-electron chi connectivity index (χ4n) is 3.41. The number of fused-ring (bicyclic) bond motifs is 3. The Balaban J connectivity index is 1.55. The quantitative estimate of drug-likeness (QED) is 0.553. The van der Waals surface area contributed by atoms with Crippen LogP contribution in [0.2, 0.25) is 0 Å². The molecule has 0 saturated carbocycles. The summed E-state index contributed by atoms with van der Waals surface area (Å²) in [5.74, 6) is 1.02. The van der Waals surface area contributed by atoms with Crippen molar-refractivity contribution in [2.45, 2.75) is 19.4 Å². The summed E-state index contributed by atoms with van der Waals surface area (Å²) in [6, 6.07) is 10.2. The van der Waals surface area contributed by atoms with Gasteiger partial charge < -0.3 is 14.5 Å². The molecular weight excluding hydrogens is 361 g/mol. The first kappa shape index (κ1) is 18.0. The minimum Gasteiger partial charge on any atom is -0.493 e. The molecule has 0 bridgehead atoms. The molecule has 2 aromatic heterocycles. The van der Waals surface area contributed by atoms with E-state index in [-0.39, 0.29) is 11.4 Å². The van der Waals surface area contributed by atoms with Crippen LogP contribution in [0.5, 0.6) is 11.5 Å². The van der Waals surface area contributed by atoms with Crippen LogP contribution in [0.1, 0.15) is 12.0 Å². The minimum absolute atomic E-state index is 0.158. The van der Waals surface area contributed by atoms with Gasteiger partial charge in [-0.15, -0.1) is 0 Å². The lowest BCUT2D eigenvalue weighted by Crippen LogP contribution is -2.21. The first-order valence-corrected chi connectivity index (χ1v) is 8.98. The molecule has 2 heterocycles. The van der Waals surface area contributed by atoms with Crippen LogP contribution in [0.4, 0.5) is 4.39 Å². The van der Waals surface area contributed by atoms with Crippen molar-refractivity contribution in [2.24, 2.45) is 0 Å². The molecule has 1 N–H and O–H groups in total. The van der Waals surface area contributed by atoms with Crippen LogP contribution in [-0.4, -0.2) is 28.8 Å². The first-order valence-electron chi connectivity index (χ1n) is 8.98. The second-order valence-electron chi connectivity index (χ2n) is 6.57. The highest BCUT2D eigenvalue weighted by Crippen LogP contribution is 2.28. The predicted octanol–water partition coefficient (Wildman–Crippen LogP) is 3.67. The number of nitrogens with one attached hydrogen (secondary N) is 1. The fourth-order valence-corrected chi connectivity index (χ4v) is 3.41. The topological polar surface area (TPSA) is 69.1 Å². The highest BCUT2D eigenvalue weighted by molar-refractivity contribution is 6.04. The summed E-state index contributed by atoms with van der Waals surface area (Å²) in [4.78, 5) is 20.2. The number of halogens is 1. The molecule has 0 spiro atoms. The molecule has 6 nitrogen and oxygen atoms in total. The van der Waals surface area contributed by atoms with Crippen molar-refractivity contribution in [3.8, 4) is 11.5 Å². The van der Waals surface area contributed by atoms with E-state index in [2.05, 4.69) is 9.97 Å². The molecule has 28 heavy (non-hydrogen) atoms. The Bertz CT molecular complexity index is 1210. The van der Waals surface area contributed by atoms with Crippen molar-refractivity contribution >= 4 is 21.9 Å².